The molecule has 1 aromatic carbocycles. The minimum atomic E-state index is -0.738. The lowest BCUT2D eigenvalue weighted by Crippen LogP contribution is -2.28. The Labute approximate surface area is 108 Å². The van der Waals surface area contributed by atoms with E-state index in [1.807, 2.05) is 0 Å². The number of hydrogen-bond donors (Lipinski definition) is 1. The van der Waals surface area contributed by atoms with Crippen molar-refractivity contribution in [1.82, 2.24) is 5.32 Å². The van der Waals surface area contributed by atoms with Crippen LogP contribution in [0, 0.1) is 23.0 Å². The number of nitrogens with one attached hydrogen (secondary N) is 1. The molecular weight excluding hydrogens is 232 g/mol. The Bertz CT molecular complexity index is 411. The average Bonchev–Trinajstić information content (AvgIpc) is 3.05. The van der Waals surface area contributed by atoms with E-state index >= 15 is 0 Å². The van der Waals surface area contributed by atoms with Crippen LogP contribution in [0.1, 0.15) is 32.3 Å². The van der Waals surface area contributed by atoms with E-state index in [0.717, 1.165) is 25.9 Å². The molecular formula is C15H21F2N. The Morgan fingerprint density at radius 3 is 2.61 bits per heavy atom. The fourth-order valence-electron chi connectivity index (χ4n) is 2.31. The van der Waals surface area contributed by atoms with Gasteiger partial charge in [0.25, 0.3) is 0 Å². The molecule has 0 aromatic heterocycles. The summed E-state index contributed by atoms with van der Waals surface area (Å²) in [6, 6.07) is 4.46. The van der Waals surface area contributed by atoms with Crippen LogP contribution >= 0.6 is 0 Å². The van der Waals surface area contributed by atoms with Crippen LogP contribution in [0.2, 0.25) is 0 Å². The van der Waals surface area contributed by atoms with Gasteiger partial charge in [-0.25, -0.2) is 8.78 Å². The molecule has 1 aliphatic rings. The lowest BCUT2D eigenvalue weighted by atomic mass is 9.95. The predicted octanol–water partition coefficient (Wildman–Crippen LogP) is 3.53. The first kappa shape index (κ1) is 13.5. The molecule has 0 radical (unpaired) electrons. The van der Waals surface area contributed by atoms with Crippen LogP contribution in [0.15, 0.2) is 18.2 Å². The van der Waals surface area contributed by atoms with Crippen molar-refractivity contribution in [3.63, 3.8) is 0 Å². The van der Waals surface area contributed by atoms with Crippen molar-refractivity contribution >= 4 is 0 Å². The van der Waals surface area contributed by atoms with Crippen LogP contribution in [0.4, 0.5) is 8.78 Å². The Morgan fingerprint density at radius 2 is 2.00 bits per heavy atom. The highest BCUT2D eigenvalue weighted by atomic mass is 19.2. The first-order chi connectivity index (χ1) is 8.52. The first-order valence-electron chi connectivity index (χ1n) is 6.66. The molecule has 1 fully saturated rings. The maximum Gasteiger partial charge on any atom is 0.162 e. The van der Waals surface area contributed by atoms with Gasteiger partial charge in [0, 0.05) is 6.54 Å². The van der Waals surface area contributed by atoms with Gasteiger partial charge in [-0.15, -0.1) is 0 Å². The molecule has 1 saturated carbocycles. The molecule has 2 rings (SSSR count). The number of benzene rings is 1. The van der Waals surface area contributed by atoms with Gasteiger partial charge >= 0.3 is 0 Å². The quantitative estimate of drug-likeness (QED) is 0.817. The van der Waals surface area contributed by atoms with E-state index in [2.05, 4.69) is 19.2 Å². The molecule has 0 bridgehead atoms. The van der Waals surface area contributed by atoms with Gasteiger partial charge in [0.1, 0.15) is 0 Å². The summed E-state index contributed by atoms with van der Waals surface area (Å²) >= 11 is 0. The number of hydrogen-bond acceptors (Lipinski definition) is 1. The summed E-state index contributed by atoms with van der Waals surface area (Å²) in [6.45, 7) is 6.21. The molecule has 0 spiro atoms. The van der Waals surface area contributed by atoms with E-state index in [1.54, 1.807) is 12.1 Å². The minimum absolute atomic E-state index is 0.156. The van der Waals surface area contributed by atoms with Gasteiger partial charge in [0.15, 0.2) is 11.6 Å². The molecule has 1 aliphatic carbocycles. The summed E-state index contributed by atoms with van der Waals surface area (Å²) in [5.74, 6) is -0.794. The molecule has 1 N–H and O–H groups in total. The standard InChI is InChI=1S/C15H21F2N/c1-11(2)9-18-10-15(6-7-15)8-12-4-3-5-13(16)14(12)17/h3-5,11,18H,6-10H2,1-2H3. The summed E-state index contributed by atoms with van der Waals surface area (Å²) in [4.78, 5) is 0. The molecule has 0 unspecified atom stereocenters. The molecule has 18 heavy (non-hydrogen) atoms. The summed E-state index contributed by atoms with van der Waals surface area (Å²) in [5, 5.41) is 3.43. The Kier molecular flexibility index (Phi) is 4.00. The molecule has 100 valence electrons. The Morgan fingerprint density at radius 1 is 1.28 bits per heavy atom. The van der Waals surface area contributed by atoms with E-state index < -0.39 is 11.6 Å². The Hall–Kier alpha value is -0.960. The minimum Gasteiger partial charge on any atom is -0.316 e. The van der Waals surface area contributed by atoms with Crippen molar-refractivity contribution in [2.75, 3.05) is 13.1 Å². The van der Waals surface area contributed by atoms with E-state index in [9.17, 15) is 8.78 Å². The third kappa shape index (κ3) is 3.29. The molecule has 0 heterocycles. The van der Waals surface area contributed by atoms with Gasteiger partial charge in [0.2, 0.25) is 0 Å². The van der Waals surface area contributed by atoms with Gasteiger partial charge in [-0.05, 0) is 48.8 Å². The molecule has 3 heteroatoms. The fourth-order valence-corrected chi connectivity index (χ4v) is 2.31. The second-order valence-corrected chi connectivity index (χ2v) is 5.91. The van der Waals surface area contributed by atoms with Crippen LogP contribution < -0.4 is 5.32 Å². The van der Waals surface area contributed by atoms with Gasteiger partial charge < -0.3 is 5.32 Å². The SMILES string of the molecule is CC(C)CNCC1(Cc2cccc(F)c2F)CC1. The van der Waals surface area contributed by atoms with Gasteiger partial charge in [-0.3, -0.25) is 0 Å². The molecule has 0 atom stereocenters. The third-order valence-electron chi connectivity index (χ3n) is 3.61. The second-order valence-electron chi connectivity index (χ2n) is 5.91. The third-order valence-corrected chi connectivity index (χ3v) is 3.61. The zero-order valence-corrected chi connectivity index (χ0v) is 11.1. The van der Waals surface area contributed by atoms with Crippen LogP contribution in [-0.2, 0) is 6.42 Å². The topological polar surface area (TPSA) is 12.0 Å². The van der Waals surface area contributed by atoms with Crippen molar-refractivity contribution in [3.8, 4) is 0 Å². The highest BCUT2D eigenvalue weighted by Gasteiger charge is 2.42. The first-order valence-corrected chi connectivity index (χ1v) is 6.66. The molecule has 1 nitrogen and oxygen atoms in total. The van der Waals surface area contributed by atoms with Crippen molar-refractivity contribution in [1.29, 1.82) is 0 Å². The van der Waals surface area contributed by atoms with Crippen LogP contribution in [-0.4, -0.2) is 13.1 Å². The molecule has 0 saturated heterocycles. The number of rotatable bonds is 6. The second kappa shape index (κ2) is 5.35. The molecule has 0 aliphatic heterocycles. The van der Waals surface area contributed by atoms with Crippen molar-refractivity contribution in [2.45, 2.75) is 33.1 Å². The van der Waals surface area contributed by atoms with Crippen molar-refractivity contribution < 1.29 is 8.78 Å². The van der Waals surface area contributed by atoms with Gasteiger partial charge in [-0.2, -0.15) is 0 Å². The smallest absolute Gasteiger partial charge is 0.162 e. The van der Waals surface area contributed by atoms with Gasteiger partial charge in [0.05, 0.1) is 0 Å². The number of halogens is 2. The van der Waals surface area contributed by atoms with E-state index in [-0.39, 0.29) is 5.41 Å². The lowest BCUT2D eigenvalue weighted by molar-refractivity contribution is 0.418. The summed E-state index contributed by atoms with van der Waals surface area (Å²) in [5.41, 5.74) is 0.669. The van der Waals surface area contributed by atoms with E-state index in [1.165, 1.54) is 6.07 Å². The lowest BCUT2D eigenvalue weighted by Gasteiger charge is -2.17. The zero-order valence-electron chi connectivity index (χ0n) is 11.1. The summed E-state index contributed by atoms with van der Waals surface area (Å²) < 4.78 is 26.8. The largest absolute Gasteiger partial charge is 0.316 e. The Balaban J connectivity index is 1.94. The fraction of sp³-hybridized carbons (Fsp3) is 0.600. The molecule has 1 aromatic rings. The highest BCUT2D eigenvalue weighted by molar-refractivity contribution is 5.22. The van der Waals surface area contributed by atoms with Crippen molar-refractivity contribution in [3.05, 3.63) is 35.4 Å². The van der Waals surface area contributed by atoms with Crippen LogP contribution in [0.25, 0.3) is 0 Å². The predicted molar refractivity (Wildman–Crippen MR) is 69.4 cm³/mol. The van der Waals surface area contributed by atoms with Gasteiger partial charge in [-0.1, -0.05) is 26.0 Å². The molecule has 0 amide bonds. The zero-order chi connectivity index (χ0) is 13.2. The summed E-state index contributed by atoms with van der Waals surface area (Å²) in [6.07, 6.45) is 2.85. The normalized spacial score (nSPS) is 17.2. The highest BCUT2D eigenvalue weighted by Crippen LogP contribution is 2.48. The summed E-state index contributed by atoms with van der Waals surface area (Å²) in [7, 11) is 0. The van der Waals surface area contributed by atoms with Crippen LogP contribution in [0.5, 0.6) is 0 Å². The van der Waals surface area contributed by atoms with Crippen molar-refractivity contribution in [2.24, 2.45) is 11.3 Å². The van der Waals surface area contributed by atoms with E-state index in [4.69, 9.17) is 0 Å². The van der Waals surface area contributed by atoms with Crippen LogP contribution in [0.3, 0.4) is 0 Å². The maximum absolute atomic E-state index is 13.6. The maximum atomic E-state index is 13.6. The average molecular weight is 253 g/mol. The van der Waals surface area contributed by atoms with E-state index in [0.29, 0.717) is 17.9 Å². The monoisotopic (exact) mass is 253 g/mol.